The van der Waals surface area contributed by atoms with Crippen LogP contribution in [-0.2, 0) is 4.79 Å². The Morgan fingerprint density at radius 3 is 2.36 bits per heavy atom. The summed E-state index contributed by atoms with van der Waals surface area (Å²) in [6, 6.07) is 9.49. The molecular formula is C20H22FN5O2. The van der Waals surface area contributed by atoms with Gasteiger partial charge in [0.2, 0.25) is 5.91 Å². The summed E-state index contributed by atoms with van der Waals surface area (Å²) in [4.78, 5) is 26.6. The van der Waals surface area contributed by atoms with Gasteiger partial charge in [0.25, 0.3) is 5.91 Å². The minimum Gasteiger partial charge on any atom is -0.343 e. The van der Waals surface area contributed by atoms with E-state index in [0.717, 1.165) is 0 Å². The summed E-state index contributed by atoms with van der Waals surface area (Å²) in [5.74, 6) is -0.403. The maximum atomic E-state index is 13.3. The van der Waals surface area contributed by atoms with E-state index in [1.54, 1.807) is 38.7 Å². The lowest BCUT2D eigenvalue weighted by Crippen LogP contribution is -2.40. The van der Waals surface area contributed by atoms with Gasteiger partial charge in [-0.05, 0) is 50.2 Å². The number of nitrogens with zero attached hydrogens (tertiary/aromatic N) is 4. The first-order valence-electron chi connectivity index (χ1n) is 9.08. The molecule has 0 saturated heterocycles. The van der Waals surface area contributed by atoms with Crippen molar-refractivity contribution in [2.45, 2.75) is 13.8 Å². The number of hydrogen-bond donors (Lipinski definition) is 1. The van der Waals surface area contributed by atoms with E-state index in [9.17, 15) is 14.0 Å². The van der Waals surface area contributed by atoms with Gasteiger partial charge in [-0.15, -0.1) is 0 Å². The average molecular weight is 383 g/mol. The van der Waals surface area contributed by atoms with Crippen LogP contribution in [0.25, 0.3) is 11.5 Å². The van der Waals surface area contributed by atoms with Crippen LogP contribution >= 0.6 is 0 Å². The number of amides is 2. The number of nitrogens with one attached hydrogen (secondary N) is 1. The van der Waals surface area contributed by atoms with Crippen LogP contribution in [0.1, 0.15) is 24.2 Å². The van der Waals surface area contributed by atoms with E-state index < -0.39 is 5.91 Å². The van der Waals surface area contributed by atoms with Crippen LogP contribution in [-0.4, -0.2) is 50.7 Å². The number of carbonyl (C=O) groups excluding carboxylic acids is 2. The average Bonchev–Trinajstić information content (AvgIpc) is 3.37. The number of likely N-dealkylation sites (N-methyl/N-ethyl adjacent to an activating group) is 1. The Bertz CT molecular complexity index is 944. The maximum Gasteiger partial charge on any atom is 0.257 e. The predicted octanol–water partition coefficient (Wildman–Crippen LogP) is 2.40. The Morgan fingerprint density at radius 2 is 1.75 bits per heavy atom. The molecule has 3 aromatic rings. The van der Waals surface area contributed by atoms with Crippen LogP contribution in [0, 0.1) is 5.82 Å². The number of hydrogen-bond acceptors (Lipinski definition) is 3. The zero-order chi connectivity index (χ0) is 20.1. The van der Waals surface area contributed by atoms with Crippen molar-refractivity contribution < 1.29 is 14.0 Å². The van der Waals surface area contributed by atoms with E-state index >= 15 is 0 Å². The fourth-order valence-corrected chi connectivity index (χ4v) is 2.94. The standard InChI is InChI=1S/C20H22FN5O2/c1-3-24(4-2)18(27)14-22-19(28)17-13-23-26(16-9-7-15(21)8-10-16)20(17)25-11-5-6-12-25/h5-13H,3-4,14H2,1-2H3,(H,22,28). The molecule has 1 aromatic carbocycles. The fourth-order valence-electron chi connectivity index (χ4n) is 2.94. The Hall–Kier alpha value is -3.42. The molecule has 0 radical (unpaired) electrons. The topological polar surface area (TPSA) is 72.2 Å². The summed E-state index contributed by atoms with van der Waals surface area (Å²) in [7, 11) is 0. The van der Waals surface area contributed by atoms with Crippen molar-refractivity contribution >= 4 is 11.8 Å². The molecule has 0 aliphatic heterocycles. The lowest BCUT2D eigenvalue weighted by molar-refractivity contribution is -0.129. The van der Waals surface area contributed by atoms with Crippen molar-refractivity contribution in [1.29, 1.82) is 0 Å². The Morgan fingerprint density at radius 1 is 1.11 bits per heavy atom. The molecule has 0 bridgehead atoms. The summed E-state index contributed by atoms with van der Waals surface area (Å²) in [5.41, 5.74) is 0.927. The molecule has 0 aliphatic carbocycles. The van der Waals surface area contributed by atoms with Crippen molar-refractivity contribution in [3.63, 3.8) is 0 Å². The van der Waals surface area contributed by atoms with Gasteiger partial charge in [0.15, 0.2) is 5.82 Å². The molecule has 3 rings (SSSR count). The molecule has 8 heteroatoms. The molecule has 28 heavy (non-hydrogen) atoms. The summed E-state index contributed by atoms with van der Waals surface area (Å²) in [5, 5.41) is 6.97. The SMILES string of the molecule is CCN(CC)C(=O)CNC(=O)c1cnn(-c2ccc(F)cc2)c1-n1cccc1. The number of benzene rings is 1. The highest BCUT2D eigenvalue weighted by atomic mass is 19.1. The lowest BCUT2D eigenvalue weighted by Gasteiger charge is -2.18. The lowest BCUT2D eigenvalue weighted by atomic mass is 10.2. The minimum absolute atomic E-state index is 0.0899. The summed E-state index contributed by atoms with van der Waals surface area (Å²) in [6.07, 6.45) is 5.01. The van der Waals surface area contributed by atoms with Gasteiger partial charge >= 0.3 is 0 Å². The largest absolute Gasteiger partial charge is 0.343 e. The second-order valence-corrected chi connectivity index (χ2v) is 6.11. The Balaban J connectivity index is 1.90. The molecule has 2 heterocycles. The van der Waals surface area contributed by atoms with Crippen LogP contribution in [0.4, 0.5) is 4.39 Å². The second kappa shape index (κ2) is 8.51. The van der Waals surface area contributed by atoms with Gasteiger partial charge in [-0.3, -0.25) is 9.59 Å². The number of rotatable bonds is 7. The van der Waals surface area contributed by atoms with Crippen molar-refractivity contribution in [3.05, 3.63) is 66.4 Å². The van der Waals surface area contributed by atoms with Gasteiger partial charge in [-0.1, -0.05) is 0 Å². The molecule has 0 atom stereocenters. The molecule has 0 aliphatic rings. The van der Waals surface area contributed by atoms with E-state index in [1.165, 1.54) is 18.3 Å². The smallest absolute Gasteiger partial charge is 0.257 e. The highest BCUT2D eigenvalue weighted by Crippen LogP contribution is 2.20. The zero-order valence-corrected chi connectivity index (χ0v) is 15.8. The normalized spacial score (nSPS) is 10.7. The predicted molar refractivity (Wildman–Crippen MR) is 103 cm³/mol. The third-order valence-corrected chi connectivity index (χ3v) is 4.42. The third kappa shape index (κ3) is 3.95. The van der Waals surface area contributed by atoms with Gasteiger partial charge in [-0.2, -0.15) is 5.10 Å². The molecule has 0 fully saturated rings. The van der Waals surface area contributed by atoms with E-state index in [4.69, 9.17) is 0 Å². The van der Waals surface area contributed by atoms with Crippen LogP contribution in [0.3, 0.4) is 0 Å². The zero-order valence-electron chi connectivity index (χ0n) is 15.8. The second-order valence-electron chi connectivity index (χ2n) is 6.11. The quantitative estimate of drug-likeness (QED) is 0.681. The first-order valence-corrected chi connectivity index (χ1v) is 9.08. The van der Waals surface area contributed by atoms with Crippen LogP contribution in [0.15, 0.2) is 55.0 Å². The van der Waals surface area contributed by atoms with E-state index in [-0.39, 0.29) is 18.3 Å². The maximum absolute atomic E-state index is 13.3. The van der Waals surface area contributed by atoms with Crippen LogP contribution < -0.4 is 5.32 Å². The van der Waals surface area contributed by atoms with Crippen LogP contribution in [0.5, 0.6) is 0 Å². The van der Waals surface area contributed by atoms with E-state index in [2.05, 4.69) is 10.4 Å². The van der Waals surface area contributed by atoms with Crippen molar-refractivity contribution in [2.24, 2.45) is 0 Å². The molecule has 7 nitrogen and oxygen atoms in total. The highest BCUT2D eigenvalue weighted by molar-refractivity contribution is 5.99. The van der Waals surface area contributed by atoms with Crippen molar-refractivity contribution in [2.75, 3.05) is 19.6 Å². The molecule has 1 N–H and O–H groups in total. The number of halogens is 1. The first kappa shape index (κ1) is 19.3. The Labute approximate surface area is 162 Å². The Kier molecular flexibility index (Phi) is 5.88. The van der Waals surface area contributed by atoms with Gasteiger partial charge in [-0.25, -0.2) is 9.07 Å². The summed E-state index contributed by atoms with van der Waals surface area (Å²) < 4.78 is 16.6. The molecule has 0 spiro atoms. The molecule has 0 unspecified atom stereocenters. The van der Waals surface area contributed by atoms with Gasteiger partial charge in [0.1, 0.15) is 11.4 Å². The van der Waals surface area contributed by atoms with Gasteiger partial charge < -0.3 is 14.8 Å². The molecular weight excluding hydrogens is 361 g/mol. The summed E-state index contributed by atoms with van der Waals surface area (Å²) >= 11 is 0. The molecule has 2 amide bonds. The van der Waals surface area contributed by atoms with Gasteiger partial charge in [0.05, 0.1) is 18.4 Å². The minimum atomic E-state index is -0.405. The molecule has 146 valence electrons. The van der Waals surface area contributed by atoms with Crippen molar-refractivity contribution in [3.8, 4) is 11.5 Å². The molecule has 2 aromatic heterocycles. The fraction of sp³-hybridized carbons (Fsp3) is 0.250. The highest BCUT2D eigenvalue weighted by Gasteiger charge is 2.21. The third-order valence-electron chi connectivity index (χ3n) is 4.42. The monoisotopic (exact) mass is 383 g/mol. The first-order chi connectivity index (χ1) is 13.5. The van der Waals surface area contributed by atoms with Gasteiger partial charge in [0, 0.05) is 25.5 Å². The number of carbonyl (C=O) groups is 2. The number of aromatic nitrogens is 3. The van der Waals surface area contributed by atoms with Crippen LogP contribution in [0.2, 0.25) is 0 Å². The van der Waals surface area contributed by atoms with Crippen molar-refractivity contribution in [1.82, 2.24) is 24.6 Å². The van der Waals surface area contributed by atoms with E-state index in [1.807, 2.05) is 26.0 Å². The van der Waals surface area contributed by atoms with E-state index in [0.29, 0.717) is 30.2 Å². The summed E-state index contributed by atoms with van der Waals surface area (Å²) in [6.45, 7) is 4.86. The molecule has 0 saturated carbocycles.